The molecule has 2 heterocycles. The number of nitrogens with one attached hydrogen (secondary N) is 1. The Kier molecular flexibility index (Phi) is 3.63. The zero-order valence-corrected chi connectivity index (χ0v) is 11.1. The summed E-state index contributed by atoms with van der Waals surface area (Å²) in [6.45, 7) is 0.725. The molecule has 0 spiro atoms. The Bertz CT molecular complexity index is 450. The van der Waals surface area contributed by atoms with Crippen LogP contribution in [0, 0.1) is 5.92 Å². The van der Waals surface area contributed by atoms with Crippen LogP contribution in [-0.4, -0.2) is 40.1 Å². The van der Waals surface area contributed by atoms with Crippen molar-refractivity contribution in [2.24, 2.45) is 5.92 Å². The van der Waals surface area contributed by atoms with Gasteiger partial charge in [-0.15, -0.1) is 0 Å². The van der Waals surface area contributed by atoms with Gasteiger partial charge in [0, 0.05) is 13.1 Å². The summed E-state index contributed by atoms with van der Waals surface area (Å²) in [5.41, 5.74) is 0. The summed E-state index contributed by atoms with van der Waals surface area (Å²) in [4.78, 5) is 28.0. The lowest BCUT2D eigenvalue weighted by molar-refractivity contribution is -0.141. The maximum absolute atomic E-state index is 11.8. The number of carboxylic acids is 1. The fourth-order valence-electron chi connectivity index (χ4n) is 1.63. The Morgan fingerprint density at radius 1 is 1.65 bits per heavy atom. The number of aliphatic carboxylic acids is 1. The van der Waals surface area contributed by atoms with Gasteiger partial charge >= 0.3 is 12.0 Å². The lowest BCUT2D eigenvalue weighted by atomic mass is 10.1. The van der Waals surface area contributed by atoms with E-state index in [1.165, 1.54) is 16.2 Å². The van der Waals surface area contributed by atoms with E-state index in [1.54, 1.807) is 6.20 Å². The molecule has 8 heteroatoms. The highest BCUT2D eigenvalue weighted by Crippen LogP contribution is 2.24. The van der Waals surface area contributed by atoms with Gasteiger partial charge in [0.05, 0.1) is 15.9 Å². The van der Waals surface area contributed by atoms with Crippen LogP contribution in [0.25, 0.3) is 0 Å². The Morgan fingerprint density at radius 3 is 2.94 bits per heavy atom. The summed E-state index contributed by atoms with van der Waals surface area (Å²) >= 11 is 4.56. The lowest BCUT2D eigenvalue weighted by Crippen LogP contribution is -2.33. The molecule has 1 atom stereocenters. The van der Waals surface area contributed by atoms with Crippen molar-refractivity contribution in [3.63, 3.8) is 0 Å². The molecule has 2 rings (SSSR count). The summed E-state index contributed by atoms with van der Waals surface area (Å²) in [5.74, 6) is -1.30. The number of carbonyl (C=O) groups is 2. The maximum atomic E-state index is 11.8. The zero-order chi connectivity index (χ0) is 12.4. The third-order valence-electron chi connectivity index (χ3n) is 2.52. The minimum absolute atomic E-state index is 0.258. The number of halogens is 1. The van der Waals surface area contributed by atoms with Crippen molar-refractivity contribution < 1.29 is 14.7 Å². The molecule has 2 N–H and O–H groups in total. The van der Waals surface area contributed by atoms with Gasteiger partial charge < -0.3 is 10.0 Å². The molecule has 1 aliphatic heterocycles. The van der Waals surface area contributed by atoms with Crippen LogP contribution in [0.2, 0.25) is 0 Å². The number of amides is 2. The summed E-state index contributed by atoms with van der Waals surface area (Å²) < 4.78 is 0.831. The van der Waals surface area contributed by atoms with Crippen molar-refractivity contribution in [2.45, 2.75) is 6.42 Å². The normalized spacial score (nSPS) is 19.4. The van der Waals surface area contributed by atoms with Gasteiger partial charge in [-0.2, -0.15) is 0 Å². The largest absolute Gasteiger partial charge is 0.481 e. The second kappa shape index (κ2) is 5.01. The molecule has 0 aromatic carbocycles. The molecule has 1 aromatic heterocycles. The molecule has 0 aliphatic carbocycles. The third kappa shape index (κ3) is 2.95. The number of hydrogen-bond donors (Lipinski definition) is 2. The van der Waals surface area contributed by atoms with Crippen molar-refractivity contribution in [2.75, 3.05) is 18.4 Å². The first-order valence-electron chi connectivity index (χ1n) is 4.96. The molecule has 0 saturated carbocycles. The standard InChI is InChI=1S/C9H10BrN3O3S/c10-6-3-11-8(17-6)12-9(16)13-2-1-5(4-13)7(14)15/h3,5H,1-2,4H2,(H,14,15)(H,11,12,16). The van der Waals surface area contributed by atoms with Crippen molar-refractivity contribution >= 4 is 44.4 Å². The van der Waals surface area contributed by atoms with E-state index in [2.05, 4.69) is 26.2 Å². The summed E-state index contributed by atoms with van der Waals surface area (Å²) in [7, 11) is 0. The van der Waals surface area contributed by atoms with Crippen molar-refractivity contribution in [1.29, 1.82) is 0 Å². The topological polar surface area (TPSA) is 82.5 Å². The molecule has 1 aliphatic rings. The molecule has 2 amide bonds. The molecule has 0 bridgehead atoms. The number of urea groups is 1. The number of carboxylic acid groups (broad SMARTS) is 1. The van der Waals surface area contributed by atoms with E-state index in [4.69, 9.17) is 5.11 Å². The highest BCUT2D eigenvalue weighted by atomic mass is 79.9. The molecule has 17 heavy (non-hydrogen) atoms. The van der Waals surface area contributed by atoms with Crippen LogP contribution in [0.1, 0.15) is 6.42 Å². The molecule has 92 valence electrons. The van der Waals surface area contributed by atoms with E-state index in [0.717, 1.165) is 3.79 Å². The number of hydrogen-bond acceptors (Lipinski definition) is 4. The van der Waals surface area contributed by atoms with Crippen LogP contribution in [0.4, 0.5) is 9.93 Å². The fraction of sp³-hybridized carbons (Fsp3) is 0.444. The lowest BCUT2D eigenvalue weighted by Gasteiger charge is -2.15. The molecule has 1 fully saturated rings. The van der Waals surface area contributed by atoms with E-state index < -0.39 is 11.9 Å². The maximum Gasteiger partial charge on any atom is 0.323 e. The van der Waals surface area contributed by atoms with Crippen LogP contribution in [0.5, 0.6) is 0 Å². The minimum atomic E-state index is -0.850. The number of rotatable bonds is 2. The van der Waals surface area contributed by atoms with Gasteiger partial charge in [0.15, 0.2) is 5.13 Å². The van der Waals surface area contributed by atoms with E-state index in [9.17, 15) is 9.59 Å². The second-order valence-electron chi connectivity index (χ2n) is 3.67. The van der Waals surface area contributed by atoms with Crippen molar-refractivity contribution in [3.05, 3.63) is 9.98 Å². The van der Waals surface area contributed by atoms with E-state index in [1.807, 2.05) is 0 Å². The van der Waals surface area contributed by atoms with Crippen LogP contribution < -0.4 is 5.32 Å². The number of nitrogens with zero attached hydrogens (tertiary/aromatic N) is 2. The monoisotopic (exact) mass is 319 g/mol. The Morgan fingerprint density at radius 2 is 2.41 bits per heavy atom. The predicted molar refractivity (Wildman–Crippen MR) is 66.1 cm³/mol. The first kappa shape index (κ1) is 12.3. The van der Waals surface area contributed by atoms with Gasteiger partial charge in [0.2, 0.25) is 0 Å². The molecule has 1 aromatic rings. The first-order valence-corrected chi connectivity index (χ1v) is 6.57. The molecular formula is C9H10BrN3O3S. The van der Waals surface area contributed by atoms with Gasteiger partial charge in [-0.1, -0.05) is 11.3 Å². The Hall–Kier alpha value is -1.15. The number of aromatic nitrogens is 1. The fourth-order valence-corrected chi connectivity index (χ4v) is 2.73. The van der Waals surface area contributed by atoms with E-state index in [0.29, 0.717) is 18.1 Å². The van der Waals surface area contributed by atoms with Gasteiger partial charge in [-0.05, 0) is 22.4 Å². The smallest absolute Gasteiger partial charge is 0.323 e. The molecule has 1 saturated heterocycles. The number of likely N-dealkylation sites (tertiary alicyclic amines) is 1. The highest BCUT2D eigenvalue weighted by molar-refractivity contribution is 9.11. The van der Waals surface area contributed by atoms with Crippen LogP contribution in [-0.2, 0) is 4.79 Å². The average Bonchev–Trinajstić information content (AvgIpc) is 2.86. The minimum Gasteiger partial charge on any atom is -0.481 e. The average molecular weight is 320 g/mol. The quantitative estimate of drug-likeness (QED) is 0.871. The number of anilines is 1. The van der Waals surface area contributed by atoms with Crippen molar-refractivity contribution in [3.8, 4) is 0 Å². The van der Waals surface area contributed by atoms with Crippen LogP contribution >= 0.6 is 27.3 Å². The van der Waals surface area contributed by atoms with Gasteiger partial charge in [-0.25, -0.2) is 9.78 Å². The van der Waals surface area contributed by atoms with Crippen LogP contribution in [0.15, 0.2) is 9.98 Å². The zero-order valence-electron chi connectivity index (χ0n) is 8.72. The van der Waals surface area contributed by atoms with E-state index >= 15 is 0 Å². The Balaban J connectivity index is 1.91. The van der Waals surface area contributed by atoms with Gasteiger partial charge in [0.1, 0.15) is 0 Å². The number of carbonyl (C=O) groups excluding carboxylic acids is 1. The van der Waals surface area contributed by atoms with Crippen LogP contribution in [0.3, 0.4) is 0 Å². The highest BCUT2D eigenvalue weighted by Gasteiger charge is 2.31. The Labute approximate surface area is 110 Å². The third-order valence-corrected chi connectivity index (χ3v) is 3.91. The first-order chi connectivity index (χ1) is 8.06. The second-order valence-corrected chi connectivity index (χ2v) is 6.08. The molecular weight excluding hydrogens is 310 g/mol. The van der Waals surface area contributed by atoms with Gasteiger partial charge in [0.25, 0.3) is 0 Å². The predicted octanol–water partition coefficient (Wildman–Crippen LogP) is 1.84. The molecule has 6 nitrogen and oxygen atoms in total. The SMILES string of the molecule is O=C(O)C1CCN(C(=O)Nc2ncc(Br)s2)C1. The van der Waals surface area contributed by atoms with Gasteiger partial charge in [-0.3, -0.25) is 10.1 Å². The summed E-state index contributed by atoms with van der Waals surface area (Å²) in [6.07, 6.45) is 2.11. The summed E-state index contributed by atoms with van der Waals surface area (Å²) in [5, 5.41) is 12.0. The molecule has 1 unspecified atom stereocenters. The number of thiazole rings is 1. The molecule has 0 radical (unpaired) electrons. The van der Waals surface area contributed by atoms with Crippen molar-refractivity contribution in [1.82, 2.24) is 9.88 Å². The summed E-state index contributed by atoms with van der Waals surface area (Å²) in [6, 6.07) is -0.296. The van der Waals surface area contributed by atoms with E-state index in [-0.39, 0.29) is 12.6 Å².